The Labute approximate surface area is 83.7 Å². The van der Waals surface area contributed by atoms with Crippen molar-refractivity contribution in [3.8, 4) is 0 Å². The third kappa shape index (κ3) is 2.45. The second-order valence-electron chi connectivity index (χ2n) is 3.45. The minimum atomic E-state index is 0.438. The Morgan fingerprint density at radius 2 is 2.23 bits per heavy atom. The number of H-pyrrole nitrogens is 1. The monoisotopic (exact) mass is 201 g/mol. The van der Waals surface area contributed by atoms with Crippen molar-refractivity contribution in [2.45, 2.75) is 32.6 Å². The van der Waals surface area contributed by atoms with Crippen LogP contribution in [0.3, 0.4) is 0 Å². The van der Waals surface area contributed by atoms with Gasteiger partial charge in [0.2, 0.25) is 0 Å². The van der Waals surface area contributed by atoms with E-state index >= 15 is 0 Å². The summed E-state index contributed by atoms with van der Waals surface area (Å²) in [6, 6.07) is 0. The number of rotatable bonds is 4. The van der Waals surface area contributed by atoms with Crippen LogP contribution in [-0.4, -0.2) is 16.7 Å². The first kappa shape index (κ1) is 10.5. The molecule has 1 rings (SSSR count). The first-order valence-electron chi connectivity index (χ1n) is 4.59. The summed E-state index contributed by atoms with van der Waals surface area (Å²) >= 11 is 5.94. The van der Waals surface area contributed by atoms with Crippen molar-refractivity contribution in [3.63, 3.8) is 0 Å². The smallest absolute Gasteiger partial charge is 0.154 e. The fourth-order valence-corrected chi connectivity index (χ4v) is 1.59. The van der Waals surface area contributed by atoms with Crippen LogP contribution in [0.4, 0.5) is 0 Å². The lowest BCUT2D eigenvalue weighted by molar-refractivity contribution is 0.771. The second kappa shape index (κ2) is 4.63. The molecule has 1 aromatic rings. The maximum atomic E-state index is 5.94. The van der Waals surface area contributed by atoms with E-state index in [0.29, 0.717) is 17.6 Å². The van der Waals surface area contributed by atoms with Crippen molar-refractivity contribution in [1.29, 1.82) is 0 Å². The molecule has 3 N–H and O–H groups in total. The first-order chi connectivity index (χ1) is 6.16. The molecular weight excluding hydrogens is 186 g/mol. The molecule has 0 atom stereocenters. The van der Waals surface area contributed by atoms with Gasteiger partial charge in [0.05, 0.1) is 0 Å². The molecule has 13 heavy (non-hydrogen) atoms. The lowest BCUT2D eigenvalue weighted by Gasteiger charge is -2.05. The normalized spacial score (nSPS) is 11.2. The van der Waals surface area contributed by atoms with Gasteiger partial charge in [-0.1, -0.05) is 25.4 Å². The maximum absolute atomic E-state index is 5.94. The molecule has 0 radical (unpaired) electrons. The number of nitrogens with one attached hydrogen (secondary N) is 1. The van der Waals surface area contributed by atoms with Gasteiger partial charge in [0.15, 0.2) is 5.15 Å². The fraction of sp³-hybridized carbons (Fsp3) is 0.667. The van der Waals surface area contributed by atoms with Gasteiger partial charge < -0.3 is 5.73 Å². The molecule has 0 spiro atoms. The molecule has 4 heteroatoms. The van der Waals surface area contributed by atoms with E-state index in [4.69, 9.17) is 17.3 Å². The summed E-state index contributed by atoms with van der Waals surface area (Å²) in [5, 5.41) is 7.54. The van der Waals surface area contributed by atoms with Gasteiger partial charge in [-0.2, -0.15) is 5.10 Å². The summed E-state index contributed by atoms with van der Waals surface area (Å²) in [6.45, 7) is 4.94. The molecule has 0 bridgehead atoms. The van der Waals surface area contributed by atoms with E-state index in [1.807, 2.05) is 0 Å². The maximum Gasteiger partial charge on any atom is 0.154 e. The fourth-order valence-electron chi connectivity index (χ4n) is 1.35. The van der Waals surface area contributed by atoms with E-state index in [-0.39, 0.29) is 0 Å². The molecule has 0 saturated heterocycles. The van der Waals surface area contributed by atoms with Gasteiger partial charge in [0, 0.05) is 11.3 Å². The van der Waals surface area contributed by atoms with E-state index in [0.717, 1.165) is 24.1 Å². The molecule has 0 aliphatic carbocycles. The van der Waals surface area contributed by atoms with Crippen molar-refractivity contribution in [2.75, 3.05) is 6.54 Å². The van der Waals surface area contributed by atoms with Crippen LogP contribution in [-0.2, 0) is 6.42 Å². The predicted molar refractivity (Wildman–Crippen MR) is 55.1 cm³/mol. The van der Waals surface area contributed by atoms with Gasteiger partial charge in [0.25, 0.3) is 0 Å². The summed E-state index contributed by atoms with van der Waals surface area (Å²) in [5.74, 6) is 0.438. The van der Waals surface area contributed by atoms with Crippen LogP contribution < -0.4 is 5.73 Å². The van der Waals surface area contributed by atoms with Crippen LogP contribution in [0, 0.1) is 0 Å². The zero-order chi connectivity index (χ0) is 9.84. The minimum absolute atomic E-state index is 0.438. The van der Waals surface area contributed by atoms with Gasteiger partial charge in [-0.15, -0.1) is 0 Å². The summed E-state index contributed by atoms with van der Waals surface area (Å²) in [7, 11) is 0. The minimum Gasteiger partial charge on any atom is -0.330 e. The zero-order valence-electron chi connectivity index (χ0n) is 8.10. The van der Waals surface area contributed by atoms with E-state index in [1.165, 1.54) is 0 Å². The molecule has 1 heterocycles. The molecule has 0 aromatic carbocycles. The average molecular weight is 202 g/mol. The Morgan fingerprint density at radius 1 is 1.54 bits per heavy atom. The second-order valence-corrected chi connectivity index (χ2v) is 3.81. The lowest BCUT2D eigenvalue weighted by atomic mass is 10.0. The molecule has 0 aliphatic heterocycles. The van der Waals surface area contributed by atoms with E-state index in [2.05, 4.69) is 24.0 Å². The van der Waals surface area contributed by atoms with Crippen molar-refractivity contribution in [3.05, 3.63) is 16.4 Å². The molecule has 0 amide bonds. The van der Waals surface area contributed by atoms with Gasteiger partial charge in [-0.3, -0.25) is 5.10 Å². The number of aromatic amines is 1. The number of nitrogens with two attached hydrogens (primary N) is 1. The number of hydrogen-bond donors (Lipinski definition) is 2. The average Bonchev–Trinajstić information content (AvgIpc) is 2.43. The number of hydrogen-bond acceptors (Lipinski definition) is 2. The van der Waals surface area contributed by atoms with Crippen molar-refractivity contribution < 1.29 is 0 Å². The quantitative estimate of drug-likeness (QED) is 0.784. The van der Waals surface area contributed by atoms with E-state index < -0.39 is 0 Å². The summed E-state index contributed by atoms with van der Waals surface area (Å²) < 4.78 is 0. The first-order valence-corrected chi connectivity index (χ1v) is 4.97. The lowest BCUT2D eigenvalue weighted by Crippen LogP contribution is -2.02. The topological polar surface area (TPSA) is 54.7 Å². The molecule has 1 aromatic heterocycles. The molecule has 0 aliphatic rings. The SMILES string of the molecule is CC(C)c1[nH]nc(Cl)c1CCCN. The third-order valence-electron chi connectivity index (χ3n) is 2.06. The van der Waals surface area contributed by atoms with Crippen LogP contribution >= 0.6 is 11.6 Å². The Morgan fingerprint density at radius 3 is 2.77 bits per heavy atom. The highest BCUT2D eigenvalue weighted by Crippen LogP contribution is 2.24. The van der Waals surface area contributed by atoms with Gasteiger partial charge in [0.1, 0.15) is 0 Å². The van der Waals surface area contributed by atoms with Crippen LogP contribution in [0.1, 0.15) is 37.4 Å². The number of aromatic nitrogens is 2. The summed E-state index contributed by atoms with van der Waals surface area (Å²) in [5.41, 5.74) is 7.71. The molecular formula is C9H16ClN3. The molecule has 0 fully saturated rings. The molecule has 3 nitrogen and oxygen atoms in total. The van der Waals surface area contributed by atoms with E-state index in [1.54, 1.807) is 0 Å². The summed E-state index contributed by atoms with van der Waals surface area (Å²) in [6.07, 6.45) is 1.87. The Balaban J connectivity index is 2.82. The standard InChI is InChI=1S/C9H16ClN3/c1-6(2)8-7(4-3-5-11)9(10)13-12-8/h6H,3-5,11H2,1-2H3,(H,12,13). The van der Waals surface area contributed by atoms with Crippen LogP contribution in [0.25, 0.3) is 0 Å². The van der Waals surface area contributed by atoms with Crippen LogP contribution in [0.15, 0.2) is 0 Å². The van der Waals surface area contributed by atoms with Gasteiger partial charge in [-0.05, 0) is 25.3 Å². The highest BCUT2D eigenvalue weighted by Gasteiger charge is 2.13. The van der Waals surface area contributed by atoms with Gasteiger partial charge >= 0.3 is 0 Å². The van der Waals surface area contributed by atoms with E-state index in [9.17, 15) is 0 Å². The van der Waals surface area contributed by atoms with Crippen molar-refractivity contribution in [2.24, 2.45) is 5.73 Å². The third-order valence-corrected chi connectivity index (χ3v) is 2.37. The van der Waals surface area contributed by atoms with Gasteiger partial charge in [-0.25, -0.2) is 0 Å². The van der Waals surface area contributed by atoms with Crippen LogP contribution in [0.5, 0.6) is 0 Å². The predicted octanol–water partition coefficient (Wildman–Crippen LogP) is 2.08. The van der Waals surface area contributed by atoms with Crippen molar-refractivity contribution in [1.82, 2.24) is 10.2 Å². The highest BCUT2D eigenvalue weighted by molar-refractivity contribution is 6.30. The molecule has 0 unspecified atom stereocenters. The molecule has 74 valence electrons. The number of halogens is 1. The number of nitrogens with zero attached hydrogens (tertiary/aromatic N) is 1. The van der Waals surface area contributed by atoms with Crippen molar-refractivity contribution >= 4 is 11.6 Å². The molecule has 0 saturated carbocycles. The largest absolute Gasteiger partial charge is 0.330 e. The highest BCUT2D eigenvalue weighted by atomic mass is 35.5. The Bertz CT molecular complexity index is 268. The Kier molecular flexibility index (Phi) is 3.75. The zero-order valence-corrected chi connectivity index (χ0v) is 8.86. The Hall–Kier alpha value is -0.540. The summed E-state index contributed by atoms with van der Waals surface area (Å²) in [4.78, 5) is 0. The van der Waals surface area contributed by atoms with Crippen LogP contribution in [0.2, 0.25) is 5.15 Å².